The van der Waals surface area contributed by atoms with Crippen LogP contribution in [0, 0.1) is 0 Å². The molecule has 1 rings (SSSR count). The zero-order chi connectivity index (χ0) is 15.1. The Morgan fingerprint density at radius 3 is 2.20 bits per heavy atom. The van der Waals surface area contributed by atoms with Crippen LogP contribution in [0.1, 0.15) is 39.7 Å². The summed E-state index contributed by atoms with van der Waals surface area (Å²) < 4.78 is 10.6. The lowest BCUT2D eigenvalue weighted by molar-refractivity contribution is 0.162. The number of nitrogens with zero attached hydrogens (tertiary/aromatic N) is 1. The van der Waals surface area contributed by atoms with E-state index in [1.54, 1.807) is 14.2 Å². The summed E-state index contributed by atoms with van der Waals surface area (Å²) in [5.74, 6) is 1.60. The van der Waals surface area contributed by atoms with Crippen molar-refractivity contribution in [3.63, 3.8) is 0 Å². The molecule has 1 aromatic carbocycles. The molecule has 20 heavy (non-hydrogen) atoms. The van der Waals surface area contributed by atoms with E-state index in [1.807, 2.05) is 6.07 Å². The molecular formula is C17H29NO2. The van der Waals surface area contributed by atoms with Gasteiger partial charge < -0.3 is 9.47 Å². The molecule has 0 aliphatic heterocycles. The van der Waals surface area contributed by atoms with E-state index in [0.717, 1.165) is 24.5 Å². The lowest BCUT2D eigenvalue weighted by Crippen LogP contribution is -2.39. The molecule has 0 aromatic heterocycles. The summed E-state index contributed by atoms with van der Waals surface area (Å²) in [5.41, 5.74) is 1.29. The van der Waals surface area contributed by atoms with Gasteiger partial charge in [0, 0.05) is 18.6 Å². The fourth-order valence-corrected chi connectivity index (χ4v) is 2.52. The van der Waals surface area contributed by atoms with Crippen molar-refractivity contribution in [2.24, 2.45) is 0 Å². The van der Waals surface area contributed by atoms with Gasteiger partial charge in [0.15, 0.2) is 11.5 Å². The SMILES string of the molecule is CCC(C)N(CCc1ccc(OC)c(OC)c1)C(C)C. The van der Waals surface area contributed by atoms with Gasteiger partial charge in [-0.3, -0.25) is 4.90 Å². The van der Waals surface area contributed by atoms with Gasteiger partial charge in [0.05, 0.1) is 14.2 Å². The van der Waals surface area contributed by atoms with Crippen LogP contribution in [0.4, 0.5) is 0 Å². The van der Waals surface area contributed by atoms with E-state index in [1.165, 1.54) is 12.0 Å². The summed E-state index contributed by atoms with van der Waals surface area (Å²) in [6, 6.07) is 7.38. The highest BCUT2D eigenvalue weighted by Gasteiger charge is 2.15. The van der Waals surface area contributed by atoms with Crippen LogP contribution < -0.4 is 9.47 Å². The van der Waals surface area contributed by atoms with Crippen molar-refractivity contribution in [3.05, 3.63) is 23.8 Å². The number of rotatable bonds is 8. The molecule has 0 aliphatic carbocycles. The van der Waals surface area contributed by atoms with Gasteiger partial charge in [-0.15, -0.1) is 0 Å². The number of hydrogen-bond donors (Lipinski definition) is 0. The maximum Gasteiger partial charge on any atom is 0.160 e. The van der Waals surface area contributed by atoms with Crippen LogP contribution in [-0.2, 0) is 6.42 Å². The first-order valence-corrected chi connectivity index (χ1v) is 7.50. The van der Waals surface area contributed by atoms with Crippen LogP contribution in [0.2, 0.25) is 0 Å². The Morgan fingerprint density at radius 1 is 1.05 bits per heavy atom. The van der Waals surface area contributed by atoms with Gasteiger partial charge in [-0.25, -0.2) is 0 Å². The van der Waals surface area contributed by atoms with Gasteiger partial charge in [-0.1, -0.05) is 13.0 Å². The lowest BCUT2D eigenvalue weighted by atomic mass is 10.1. The second-order valence-corrected chi connectivity index (χ2v) is 5.53. The quantitative estimate of drug-likeness (QED) is 0.723. The molecule has 3 nitrogen and oxygen atoms in total. The van der Waals surface area contributed by atoms with Crippen molar-refractivity contribution in [1.82, 2.24) is 4.90 Å². The Balaban J connectivity index is 2.73. The first-order chi connectivity index (χ1) is 9.53. The molecule has 0 spiro atoms. The van der Waals surface area contributed by atoms with Gasteiger partial charge >= 0.3 is 0 Å². The third-order valence-electron chi connectivity index (χ3n) is 3.93. The van der Waals surface area contributed by atoms with E-state index in [2.05, 4.69) is 44.7 Å². The van der Waals surface area contributed by atoms with Crippen LogP contribution in [0.15, 0.2) is 18.2 Å². The largest absolute Gasteiger partial charge is 0.493 e. The molecule has 114 valence electrons. The molecule has 1 aromatic rings. The average molecular weight is 279 g/mol. The Kier molecular flexibility index (Phi) is 6.86. The van der Waals surface area contributed by atoms with Gasteiger partial charge in [-0.2, -0.15) is 0 Å². The normalized spacial score (nSPS) is 12.8. The standard InChI is InChI=1S/C17H29NO2/c1-7-14(4)18(13(2)3)11-10-15-8-9-16(19-5)17(12-15)20-6/h8-9,12-14H,7,10-11H2,1-6H3. The van der Waals surface area contributed by atoms with Crippen LogP contribution in [-0.4, -0.2) is 37.7 Å². The molecule has 0 heterocycles. The van der Waals surface area contributed by atoms with Crippen LogP contribution in [0.5, 0.6) is 11.5 Å². The van der Waals surface area contributed by atoms with Crippen molar-refractivity contribution in [3.8, 4) is 11.5 Å². The summed E-state index contributed by atoms with van der Waals surface area (Å²) in [6.07, 6.45) is 2.22. The summed E-state index contributed by atoms with van der Waals surface area (Å²) in [7, 11) is 3.35. The van der Waals surface area contributed by atoms with E-state index in [4.69, 9.17) is 9.47 Å². The molecule has 1 atom stereocenters. The Bertz CT molecular complexity index is 404. The van der Waals surface area contributed by atoms with E-state index in [9.17, 15) is 0 Å². The molecule has 0 bridgehead atoms. The highest BCUT2D eigenvalue weighted by molar-refractivity contribution is 5.42. The minimum atomic E-state index is 0.574. The topological polar surface area (TPSA) is 21.7 Å². The Labute approximate surface area is 123 Å². The van der Waals surface area contributed by atoms with Crippen molar-refractivity contribution < 1.29 is 9.47 Å². The number of benzene rings is 1. The fourth-order valence-electron chi connectivity index (χ4n) is 2.52. The zero-order valence-corrected chi connectivity index (χ0v) is 13.8. The van der Waals surface area contributed by atoms with Crippen molar-refractivity contribution in [2.75, 3.05) is 20.8 Å². The third kappa shape index (κ3) is 4.41. The van der Waals surface area contributed by atoms with Crippen molar-refractivity contribution in [1.29, 1.82) is 0 Å². The second-order valence-electron chi connectivity index (χ2n) is 5.53. The maximum atomic E-state index is 5.36. The molecule has 0 saturated heterocycles. The minimum absolute atomic E-state index is 0.574. The lowest BCUT2D eigenvalue weighted by Gasteiger charge is -2.32. The third-order valence-corrected chi connectivity index (χ3v) is 3.93. The summed E-state index contributed by atoms with van der Waals surface area (Å²) >= 11 is 0. The van der Waals surface area contributed by atoms with Crippen molar-refractivity contribution in [2.45, 2.75) is 52.6 Å². The molecule has 0 aliphatic rings. The molecule has 0 radical (unpaired) electrons. The van der Waals surface area contributed by atoms with Crippen LogP contribution in [0.3, 0.4) is 0 Å². The van der Waals surface area contributed by atoms with E-state index in [0.29, 0.717) is 12.1 Å². The molecule has 0 saturated carbocycles. The summed E-state index contributed by atoms with van der Waals surface area (Å²) in [4.78, 5) is 2.55. The minimum Gasteiger partial charge on any atom is -0.493 e. The molecule has 0 N–H and O–H groups in total. The Hall–Kier alpha value is -1.22. The zero-order valence-electron chi connectivity index (χ0n) is 13.8. The number of methoxy groups -OCH3 is 2. The predicted octanol–water partition coefficient (Wildman–Crippen LogP) is 3.76. The number of hydrogen-bond acceptors (Lipinski definition) is 3. The molecule has 1 unspecified atom stereocenters. The van der Waals surface area contributed by atoms with Gasteiger partial charge in [0.25, 0.3) is 0 Å². The molecule has 0 amide bonds. The molecular weight excluding hydrogens is 250 g/mol. The van der Waals surface area contributed by atoms with Crippen LogP contribution in [0.25, 0.3) is 0 Å². The summed E-state index contributed by atoms with van der Waals surface area (Å²) in [5, 5.41) is 0. The molecule has 3 heteroatoms. The Morgan fingerprint density at radius 2 is 1.70 bits per heavy atom. The first-order valence-electron chi connectivity index (χ1n) is 7.50. The smallest absolute Gasteiger partial charge is 0.160 e. The highest BCUT2D eigenvalue weighted by Crippen LogP contribution is 2.27. The van der Waals surface area contributed by atoms with Crippen LogP contribution >= 0.6 is 0 Å². The first kappa shape index (κ1) is 16.8. The van der Waals surface area contributed by atoms with E-state index in [-0.39, 0.29) is 0 Å². The van der Waals surface area contributed by atoms with Crippen molar-refractivity contribution >= 4 is 0 Å². The highest BCUT2D eigenvalue weighted by atomic mass is 16.5. The predicted molar refractivity (Wildman–Crippen MR) is 84.8 cm³/mol. The van der Waals surface area contributed by atoms with E-state index < -0.39 is 0 Å². The monoisotopic (exact) mass is 279 g/mol. The van der Waals surface area contributed by atoms with Gasteiger partial charge in [-0.05, 0) is 51.3 Å². The fraction of sp³-hybridized carbons (Fsp3) is 0.647. The maximum absolute atomic E-state index is 5.36. The second kappa shape index (κ2) is 8.15. The average Bonchev–Trinajstić information content (AvgIpc) is 2.46. The van der Waals surface area contributed by atoms with E-state index >= 15 is 0 Å². The summed E-state index contributed by atoms with van der Waals surface area (Å²) in [6.45, 7) is 10.1. The van der Waals surface area contributed by atoms with Gasteiger partial charge in [0.2, 0.25) is 0 Å². The van der Waals surface area contributed by atoms with Gasteiger partial charge in [0.1, 0.15) is 0 Å². The number of ether oxygens (including phenoxy) is 2. The molecule has 0 fully saturated rings.